The lowest BCUT2D eigenvalue weighted by atomic mass is 10.3. The second-order valence-electron chi connectivity index (χ2n) is 2.60. The second kappa shape index (κ2) is 2.70. The molecule has 0 radical (unpaired) electrons. The molecule has 0 spiro atoms. The summed E-state index contributed by atoms with van der Waals surface area (Å²) < 4.78 is 53.5. The first kappa shape index (κ1) is 8.98. The standard InChI is InChI=1S/C8H3F4NO/c9-4-2-1-3-5-6(4)13-7(14-5)8(10,11)12/h1-3H. The smallest absolute Gasteiger partial charge is 0.433 e. The van der Waals surface area contributed by atoms with E-state index in [2.05, 4.69) is 9.40 Å². The average molecular weight is 205 g/mol. The Labute approximate surface area is 75.2 Å². The number of fused-ring (bicyclic) bond motifs is 1. The first-order valence-electron chi connectivity index (χ1n) is 3.61. The summed E-state index contributed by atoms with van der Waals surface area (Å²) in [5.74, 6) is -2.26. The molecular formula is C8H3F4NO. The van der Waals surface area contributed by atoms with Gasteiger partial charge in [-0.2, -0.15) is 13.2 Å². The maximum absolute atomic E-state index is 12.9. The molecule has 0 atom stereocenters. The van der Waals surface area contributed by atoms with E-state index in [9.17, 15) is 17.6 Å². The summed E-state index contributed by atoms with van der Waals surface area (Å²) in [7, 11) is 0. The fourth-order valence-corrected chi connectivity index (χ4v) is 1.04. The molecule has 0 N–H and O–H groups in total. The Morgan fingerprint density at radius 2 is 1.93 bits per heavy atom. The van der Waals surface area contributed by atoms with Crippen LogP contribution in [0.5, 0.6) is 0 Å². The van der Waals surface area contributed by atoms with E-state index in [0.717, 1.165) is 6.07 Å². The van der Waals surface area contributed by atoms with Gasteiger partial charge in [-0.3, -0.25) is 0 Å². The number of hydrogen-bond donors (Lipinski definition) is 0. The van der Waals surface area contributed by atoms with E-state index < -0.39 is 23.4 Å². The molecule has 2 rings (SSSR count). The fraction of sp³-hybridized carbons (Fsp3) is 0.125. The molecule has 6 heteroatoms. The van der Waals surface area contributed by atoms with E-state index >= 15 is 0 Å². The molecule has 2 nitrogen and oxygen atoms in total. The van der Waals surface area contributed by atoms with Crippen LogP contribution in [-0.4, -0.2) is 4.98 Å². The quantitative estimate of drug-likeness (QED) is 0.618. The van der Waals surface area contributed by atoms with E-state index in [0.29, 0.717) is 0 Å². The summed E-state index contributed by atoms with van der Waals surface area (Å²) >= 11 is 0. The lowest BCUT2D eigenvalue weighted by Crippen LogP contribution is -2.04. The lowest BCUT2D eigenvalue weighted by molar-refractivity contribution is -0.156. The highest BCUT2D eigenvalue weighted by molar-refractivity contribution is 5.73. The third-order valence-corrected chi connectivity index (χ3v) is 1.61. The maximum atomic E-state index is 12.9. The fourth-order valence-electron chi connectivity index (χ4n) is 1.04. The number of oxazole rings is 1. The minimum absolute atomic E-state index is 0.211. The second-order valence-corrected chi connectivity index (χ2v) is 2.60. The molecule has 0 aliphatic carbocycles. The maximum Gasteiger partial charge on any atom is 0.468 e. The molecule has 0 aliphatic heterocycles. The highest BCUT2D eigenvalue weighted by atomic mass is 19.4. The van der Waals surface area contributed by atoms with Gasteiger partial charge in [-0.15, -0.1) is 0 Å². The Morgan fingerprint density at radius 1 is 1.21 bits per heavy atom. The number of rotatable bonds is 0. The Bertz CT molecular complexity index is 474. The van der Waals surface area contributed by atoms with Gasteiger partial charge < -0.3 is 4.42 Å². The molecule has 0 bridgehead atoms. The number of para-hydroxylation sites is 1. The summed E-state index contributed by atoms with van der Waals surface area (Å²) in [4.78, 5) is 3.02. The molecular weight excluding hydrogens is 202 g/mol. The summed E-state index contributed by atoms with van der Waals surface area (Å²) in [5.41, 5.74) is -0.614. The molecule has 74 valence electrons. The van der Waals surface area contributed by atoms with Crippen molar-refractivity contribution in [1.29, 1.82) is 0 Å². The molecule has 0 amide bonds. The number of halogens is 4. The van der Waals surface area contributed by atoms with Gasteiger partial charge in [0.1, 0.15) is 5.52 Å². The third-order valence-electron chi connectivity index (χ3n) is 1.61. The van der Waals surface area contributed by atoms with Crippen molar-refractivity contribution in [2.75, 3.05) is 0 Å². The van der Waals surface area contributed by atoms with Gasteiger partial charge in [-0.05, 0) is 12.1 Å². The zero-order valence-corrected chi connectivity index (χ0v) is 6.60. The Hall–Kier alpha value is -1.59. The predicted octanol–water partition coefficient (Wildman–Crippen LogP) is 2.99. The zero-order valence-electron chi connectivity index (χ0n) is 6.60. The molecule has 2 aromatic rings. The normalized spacial score (nSPS) is 12.3. The van der Waals surface area contributed by atoms with Gasteiger partial charge in [0.15, 0.2) is 11.4 Å². The summed E-state index contributed by atoms with van der Waals surface area (Å²) in [6, 6.07) is 3.49. The molecule has 1 heterocycles. The van der Waals surface area contributed by atoms with Crippen LogP contribution >= 0.6 is 0 Å². The molecule has 0 fully saturated rings. The van der Waals surface area contributed by atoms with Gasteiger partial charge in [0.25, 0.3) is 0 Å². The van der Waals surface area contributed by atoms with Crippen LogP contribution in [0.1, 0.15) is 5.89 Å². The van der Waals surface area contributed by atoms with Crippen LogP contribution in [0.25, 0.3) is 11.1 Å². The Kier molecular flexibility index (Phi) is 1.73. The average Bonchev–Trinajstić information content (AvgIpc) is 2.48. The van der Waals surface area contributed by atoms with Crippen molar-refractivity contribution in [3.8, 4) is 0 Å². The predicted molar refractivity (Wildman–Crippen MR) is 39.0 cm³/mol. The third kappa shape index (κ3) is 1.32. The minimum atomic E-state index is -4.69. The van der Waals surface area contributed by atoms with E-state index in [1.165, 1.54) is 12.1 Å². The number of alkyl halides is 3. The number of aromatic nitrogens is 1. The molecule has 0 saturated carbocycles. The van der Waals surface area contributed by atoms with E-state index in [-0.39, 0.29) is 5.58 Å². The Balaban J connectivity index is 2.69. The van der Waals surface area contributed by atoms with Crippen molar-refractivity contribution < 1.29 is 22.0 Å². The Morgan fingerprint density at radius 3 is 2.50 bits per heavy atom. The molecule has 0 unspecified atom stereocenters. The topological polar surface area (TPSA) is 26.0 Å². The van der Waals surface area contributed by atoms with Gasteiger partial charge in [0.05, 0.1) is 0 Å². The van der Waals surface area contributed by atoms with Gasteiger partial charge in [-0.25, -0.2) is 9.37 Å². The van der Waals surface area contributed by atoms with Crippen LogP contribution in [-0.2, 0) is 6.18 Å². The number of nitrogens with zero attached hydrogens (tertiary/aromatic N) is 1. The van der Waals surface area contributed by atoms with Crippen molar-refractivity contribution in [3.05, 3.63) is 29.9 Å². The van der Waals surface area contributed by atoms with E-state index in [1.54, 1.807) is 0 Å². The first-order valence-corrected chi connectivity index (χ1v) is 3.61. The highest BCUT2D eigenvalue weighted by Crippen LogP contribution is 2.31. The minimum Gasteiger partial charge on any atom is -0.433 e. The summed E-state index contributed by atoms with van der Waals surface area (Å²) in [6.45, 7) is 0. The van der Waals surface area contributed by atoms with Gasteiger partial charge >= 0.3 is 12.1 Å². The highest BCUT2D eigenvalue weighted by Gasteiger charge is 2.37. The lowest BCUT2D eigenvalue weighted by Gasteiger charge is -1.96. The van der Waals surface area contributed by atoms with Gasteiger partial charge in [-0.1, -0.05) is 6.07 Å². The van der Waals surface area contributed by atoms with Crippen molar-refractivity contribution in [2.24, 2.45) is 0 Å². The van der Waals surface area contributed by atoms with Crippen molar-refractivity contribution >= 4 is 11.1 Å². The van der Waals surface area contributed by atoms with Gasteiger partial charge in [0, 0.05) is 0 Å². The van der Waals surface area contributed by atoms with Crippen LogP contribution in [0.4, 0.5) is 17.6 Å². The SMILES string of the molecule is Fc1cccc2oc(C(F)(F)F)nc12. The van der Waals surface area contributed by atoms with Crippen LogP contribution in [0, 0.1) is 5.82 Å². The van der Waals surface area contributed by atoms with Crippen LogP contribution < -0.4 is 0 Å². The van der Waals surface area contributed by atoms with Crippen molar-refractivity contribution in [2.45, 2.75) is 6.18 Å². The molecule has 1 aromatic heterocycles. The molecule has 14 heavy (non-hydrogen) atoms. The largest absolute Gasteiger partial charge is 0.468 e. The van der Waals surface area contributed by atoms with E-state index in [1.807, 2.05) is 0 Å². The number of benzene rings is 1. The first-order chi connectivity index (χ1) is 6.48. The number of hydrogen-bond acceptors (Lipinski definition) is 2. The summed E-state index contributed by atoms with van der Waals surface area (Å²) in [6.07, 6.45) is -4.69. The monoisotopic (exact) mass is 205 g/mol. The van der Waals surface area contributed by atoms with Gasteiger partial charge in [0.2, 0.25) is 0 Å². The van der Waals surface area contributed by atoms with Crippen LogP contribution in [0.15, 0.2) is 22.6 Å². The molecule has 0 aliphatic rings. The summed E-state index contributed by atoms with van der Waals surface area (Å²) in [5, 5.41) is 0. The van der Waals surface area contributed by atoms with Crippen molar-refractivity contribution in [1.82, 2.24) is 4.98 Å². The zero-order chi connectivity index (χ0) is 10.3. The van der Waals surface area contributed by atoms with Crippen LogP contribution in [0.2, 0.25) is 0 Å². The molecule has 0 saturated heterocycles. The van der Waals surface area contributed by atoms with Crippen LogP contribution in [0.3, 0.4) is 0 Å². The van der Waals surface area contributed by atoms with Crippen molar-refractivity contribution in [3.63, 3.8) is 0 Å². The molecule has 1 aromatic carbocycles. The van der Waals surface area contributed by atoms with E-state index in [4.69, 9.17) is 0 Å².